The SMILES string of the molecule is COC(=O)c1cc2cccnc2cn1.Cc1ccc2c(c1)cc(O)c1c3c(ccc12)C(CCc1ccccc1)C(=O)CC3. The third-order valence-corrected chi connectivity index (χ3v) is 8.23. The van der Waals surface area contributed by atoms with E-state index in [4.69, 9.17) is 0 Å². The van der Waals surface area contributed by atoms with Crippen LogP contribution in [-0.2, 0) is 22.4 Å². The van der Waals surface area contributed by atoms with Crippen LogP contribution in [0.3, 0.4) is 0 Å². The zero-order valence-electron chi connectivity index (χ0n) is 24.2. The molecule has 43 heavy (non-hydrogen) atoms. The van der Waals surface area contributed by atoms with E-state index in [1.165, 1.54) is 18.2 Å². The number of pyridine rings is 2. The van der Waals surface area contributed by atoms with Gasteiger partial charge in [-0.1, -0.05) is 72.3 Å². The largest absolute Gasteiger partial charge is 0.507 e. The van der Waals surface area contributed by atoms with Crippen LogP contribution in [0.25, 0.3) is 32.4 Å². The molecule has 1 unspecified atom stereocenters. The number of aromatic hydroxyl groups is 1. The monoisotopic (exact) mass is 568 g/mol. The van der Waals surface area contributed by atoms with E-state index in [1.807, 2.05) is 36.4 Å². The van der Waals surface area contributed by atoms with Gasteiger partial charge in [-0.2, -0.15) is 0 Å². The summed E-state index contributed by atoms with van der Waals surface area (Å²) in [7, 11) is 1.33. The van der Waals surface area contributed by atoms with Crippen LogP contribution in [0.15, 0.2) is 97.3 Å². The second-order valence-electron chi connectivity index (χ2n) is 11.0. The minimum absolute atomic E-state index is 0.0866. The third kappa shape index (κ3) is 5.69. The molecule has 0 bridgehead atoms. The molecule has 6 nitrogen and oxygen atoms in total. The smallest absolute Gasteiger partial charge is 0.356 e. The summed E-state index contributed by atoms with van der Waals surface area (Å²) < 4.78 is 4.56. The van der Waals surface area contributed by atoms with Crippen LogP contribution in [0, 0.1) is 6.92 Å². The van der Waals surface area contributed by atoms with Crippen LogP contribution in [0.5, 0.6) is 5.75 Å². The molecule has 0 amide bonds. The van der Waals surface area contributed by atoms with Gasteiger partial charge in [-0.3, -0.25) is 9.78 Å². The minimum Gasteiger partial charge on any atom is -0.507 e. The lowest BCUT2D eigenvalue weighted by Crippen LogP contribution is -2.21. The number of carbonyl (C=O) groups is 2. The molecule has 7 rings (SSSR count). The fourth-order valence-electron chi connectivity index (χ4n) is 6.10. The molecule has 2 aromatic heterocycles. The molecule has 214 valence electrons. The predicted octanol–water partition coefficient (Wildman–Crippen LogP) is 7.66. The second-order valence-corrected chi connectivity index (χ2v) is 11.0. The van der Waals surface area contributed by atoms with Crippen molar-refractivity contribution in [3.63, 3.8) is 0 Å². The number of nitrogens with zero attached hydrogens (tertiary/aromatic N) is 2. The van der Waals surface area contributed by atoms with E-state index in [2.05, 4.69) is 64.1 Å². The Bertz CT molecular complexity index is 1980. The highest BCUT2D eigenvalue weighted by Crippen LogP contribution is 2.42. The van der Waals surface area contributed by atoms with Gasteiger partial charge in [0.2, 0.25) is 0 Å². The summed E-state index contributed by atoms with van der Waals surface area (Å²) in [5.74, 6) is 0.127. The molecule has 0 aliphatic heterocycles. The van der Waals surface area contributed by atoms with Gasteiger partial charge >= 0.3 is 5.97 Å². The number of phenolic OH excluding ortho intramolecular Hbond substituents is 1. The quantitative estimate of drug-likeness (QED) is 0.174. The minimum atomic E-state index is -0.434. The van der Waals surface area contributed by atoms with Crippen molar-refractivity contribution in [3.05, 3.63) is 125 Å². The summed E-state index contributed by atoms with van der Waals surface area (Å²) in [6.07, 6.45) is 6.20. The summed E-state index contributed by atoms with van der Waals surface area (Å²) >= 11 is 0. The van der Waals surface area contributed by atoms with Crippen LogP contribution in [0.2, 0.25) is 0 Å². The number of phenols is 1. The lowest BCUT2D eigenvalue weighted by Gasteiger charge is -2.26. The van der Waals surface area contributed by atoms with Gasteiger partial charge in [-0.05, 0) is 77.2 Å². The van der Waals surface area contributed by atoms with Crippen LogP contribution >= 0.6 is 0 Å². The predicted molar refractivity (Wildman–Crippen MR) is 170 cm³/mol. The normalized spacial score (nSPS) is 14.3. The molecular weight excluding hydrogens is 536 g/mol. The summed E-state index contributed by atoms with van der Waals surface area (Å²) in [6, 6.07) is 28.2. The van der Waals surface area contributed by atoms with Gasteiger partial charge < -0.3 is 9.84 Å². The highest BCUT2D eigenvalue weighted by molar-refractivity contribution is 6.12. The van der Waals surface area contributed by atoms with Crippen LogP contribution in [0.4, 0.5) is 0 Å². The molecule has 0 fully saturated rings. The molecule has 4 aromatic carbocycles. The Hall–Kier alpha value is -5.10. The van der Waals surface area contributed by atoms with Crippen molar-refractivity contribution >= 4 is 44.2 Å². The number of methoxy groups -OCH3 is 1. The third-order valence-electron chi connectivity index (χ3n) is 8.23. The number of ether oxygens (including phenoxy) is 1. The Morgan fingerprint density at radius 2 is 1.72 bits per heavy atom. The number of rotatable bonds is 4. The van der Waals surface area contributed by atoms with Crippen LogP contribution < -0.4 is 0 Å². The highest BCUT2D eigenvalue weighted by Gasteiger charge is 2.29. The number of hydrogen-bond acceptors (Lipinski definition) is 6. The molecule has 1 N–H and O–H groups in total. The molecule has 6 aromatic rings. The number of carbonyl (C=O) groups excluding carboxylic acids is 2. The molecule has 0 saturated heterocycles. The molecule has 1 aliphatic carbocycles. The van der Waals surface area contributed by atoms with E-state index in [1.54, 1.807) is 18.5 Å². The van der Waals surface area contributed by atoms with Crippen molar-refractivity contribution in [3.8, 4) is 5.75 Å². The second kappa shape index (κ2) is 12.0. The summed E-state index contributed by atoms with van der Waals surface area (Å²) in [5.41, 5.74) is 5.76. The summed E-state index contributed by atoms with van der Waals surface area (Å²) in [5, 5.41) is 16.0. The number of fused-ring (bicyclic) bond motifs is 6. The Kier molecular flexibility index (Phi) is 7.84. The average molecular weight is 569 g/mol. The Morgan fingerprint density at radius 3 is 2.53 bits per heavy atom. The van der Waals surface area contributed by atoms with E-state index in [0.29, 0.717) is 30.1 Å². The summed E-state index contributed by atoms with van der Waals surface area (Å²) in [4.78, 5) is 32.0. The van der Waals surface area contributed by atoms with Gasteiger partial charge in [-0.15, -0.1) is 0 Å². The average Bonchev–Trinajstić information content (AvgIpc) is 3.04. The Balaban J connectivity index is 0.000000197. The number of benzene rings is 4. The topological polar surface area (TPSA) is 89.4 Å². The van der Waals surface area contributed by atoms with Crippen molar-refractivity contribution in [2.24, 2.45) is 0 Å². The number of esters is 1. The van der Waals surface area contributed by atoms with E-state index in [-0.39, 0.29) is 5.92 Å². The van der Waals surface area contributed by atoms with Crippen molar-refractivity contribution in [2.75, 3.05) is 7.11 Å². The number of aromatic nitrogens is 2. The van der Waals surface area contributed by atoms with Crippen molar-refractivity contribution in [1.29, 1.82) is 0 Å². The van der Waals surface area contributed by atoms with Gasteiger partial charge in [0.25, 0.3) is 0 Å². The Labute approximate surface area is 250 Å². The zero-order valence-corrected chi connectivity index (χ0v) is 24.2. The first kappa shape index (κ1) is 28.0. The van der Waals surface area contributed by atoms with Gasteiger partial charge in [0.05, 0.1) is 18.8 Å². The molecule has 1 atom stereocenters. The molecule has 0 radical (unpaired) electrons. The number of hydrogen-bond donors (Lipinski definition) is 1. The lowest BCUT2D eigenvalue weighted by molar-refractivity contribution is -0.121. The van der Waals surface area contributed by atoms with Gasteiger partial charge in [0.15, 0.2) is 0 Å². The lowest BCUT2D eigenvalue weighted by atomic mass is 9.76. The van der Waals surface area contributed by atoms with E-state index in [0.717, 1.165) is 56.4 Å². The molecule has 2 heterocycles. The standard InChI is InChI=1S/C27H24O2.C10H8N2O2/c1-17-7-9-20-19(15-17)16-26(29)27-23(20)12-11-21-22(25(28)14-13-24(21)27)10-8-18-5-3-2-4-6-18;1-14-10(13)8-5-7-3-2-4-11-9(7)6-12-8/h2-7,9,11-12,15-16,22,29H,8,10,13-14H2,1H3;2-6H,1H3. The number of aryl methyl sites for hydroxylation is 3. The molecular formula is C37H32N2O4. The molecule has 0 spiro atoms. The maximum absolute atomic E-state index is 12.8. The van der Waals surface area contributed by atoms with Gasteiger partial charge in [0, 0.05) is 29.3 Å². The van der Waals surface area contributed by atoms with Gasteiger partial charge in [0.1, 0.15) is 17.2 Å². The summed E-state index contributed by atoms with van der Waals surface area (Å²) in [6.45, 7) is 2.07. The molecule has 0 saturated carbocycles. The maximum Gasteiger partial charge on any atom is 0.356 e. The maximum atomic E-state index is 12.8. The van der Waals surface area contributed by atoms with E-state index >= 15 is 0 Å². The van der Waals surface area contributed by atoms with Gasteiger partial charge in [-0.25, -0.2) is 9.78 Å². The van der Waals surface area contributed by atoms with Crippen LogP contribution in [0.1, 0.15) is 51.5 Å². The fourth-order valence-corrected chi connectivity index (χ4v) is 6.10. The highest BCUT2D eigenvalue weighted by atomic mass is 16.5. The first-order valence-corrected chi connectivity index (χ1v) is 14.5. The zero-order chi connectivity index (χ0) is 29.9. The van der Waals surface area contributed by atoms with Crippen LogP contribution in [-0.4, -0.2) is 33.9 Å². The van der Waals surface area contributed by atoms with Crippen molar-refractivity contribution < 1.29 is 19.4 Å². The Morgan fingerprint density at radius 1 is 0.907 bits per heavy atom. The first-order valence-electron chi connectivity index (χ1n) is 14.5. The molecule has 1 aliphatic rings. The van der Waals surface area contributed by atoms with Crippen molar-refractivity contribution in [1.82, 2.24) is 9.97 Å². The first-order chi connectivity index (χ1) is 20.9. The van der Waals surface area contributed by atoms with E-state index < -0.39 is 5.97 Å². The molecule has 6 heteroatoms. The van der Waals surface area contributed by atoms with Crippen molar-refractivity contribution in [2.45, 2.75) is 38.5 Å². The number of Topliss-reactive ketones (excluding diaryl/α,β-unsaturated/α-hetero) is 1. The number of ketones is 1. The fraction of sp³-hybridized carbons (Fsp3) is 0.189. The van der Waals surface area contributed by atoms with E-state index in [9.17, 15) is 14.7 Å².